The van der Waals surface area contributed by atoms with E-state index >= 15 is 0 Å². The van der Waals surface area contributed by atoms with Crippen LogP contribution in [0.3, 0.4) is 0 Å². The van der Waals surface area contributed by atoms with E-state index in [0.29, 0.717) is 23.6 Å². The van der Waals surface area contributed by atoms with Gasteiger partial charge in [-0.2, -0.15) is 5.10 Å². The number of carbonyl (C=O) groups excluding carboxylic acids is 1. The highest BCUT2D eigenvalue weighted by molar-refractivity contribution is 5.99. The lowest BCUT2D eigenvalue weighted by Crippen LogP contribution is -2.31. The first-order valence-electron chi connectivity index (χ1n) is 7.87. The van der Waals surface area contributed by atoms with Crippen LogP contribution >= 0.6 is 0 Å². The molecule has 0 bridgehead atoms. The molecular weight excluding hydrogens is 306 g/mol. The molecule has 4 rings (SSSR count). The van der Waals surface area contributed by atoms with Crippen molar-refractivity contribution >= 4 is 17.4 Å². The van der Waals surface area contributed by atoms with Crippen molar-refractivity contribution in [3.63, 3.8) is 0 Å². The highest BCUT2D eigenvalue weighted by atomic mass is 16.2. The van der Waals surface area contributed by atoms with Crippen LogP contribution in [-0.2, 0) is 0 Å². The maximum atomic E-state index is 13.0. The Bertz CT molecular complexity index is 891. The van der Waals surface area contributed by atoms with Crippen molar-refractivity contribution in [1.29, 1.82) is 0 Å². The van der Waals surface area contributed by atoms with Crippen LogP contribution < -0.4 is 5.32 Å². The maximum Gasteiger partial charge on any atom is 0.259 e. The standard InChI is InChI=1S/C16H17N7O/c1-17-14-10-18-9-12(21-14)13-4-2-6-22(13)16(24)11-8-20-23-7-3-5-19-15(11)23/h3,5,7-10,13H,2,4,6H2,1H3,(H,17,21). The Labute approximate surface area is 138 Å². The molecule has 1 amide bonds. The number of rotatable bonds is 3. The largest absolute Gasteiger partial charge is 0.372 e. The third-order valence-electron chi connectivity index (χ3n) is 4.27. The monoisotopic (exact) mass is 323 g/mol. The SMILES string of the molecule is CNc1cncc(C2CCCN2C(=O)c2cnn3cccnc23)n1. The van der Waals surface area contributed by atoms with Crippen molar-refractivity contribution in [3.8, 4) is 0 Å². The topological polar surface area (TPSA) is 88.3 Å². The first-order chi connectivity index (χ1) is 11.8. The Morgan fingerprint density at radius 1 is 1.33 bits per heavy atom. The number of amides is 1. The minimum Gasteiger partial charge on any atom is -0.372 e. The van der Waals surface area contributed by atoms with Crippen molar-refractivity contribution in [2.75, 3.05) is 18.9 Å². The van der Waals surface area contributed by atoms with E-state index in [1.165, 1.54) is 0 Å². The summed E-state index contributed by atoms with van der Waals surface area (Å²) in [7, 11) is 1.80. The molecule has 8 heteroatoms. The second kappa shape index (κ2) is 5.88. The van der Waals surface area contributed by atoms with Gasteiger partial charge in [-0.25, -0.2) is 14.5 Å². The van der Waals surface area contributed by atoms with E-state index in [-0.39, 0.29) is 11.9 Å². The predicted octanol–water partition coefficient (Wildman–Crippen LogP) is 1.54. The van der Waals surface area contributed by atoms with Crippen LogP contribution in [0.5, 0.6) is 0 Å². The Kier molecular flexibility index (Phi) is 3.56. The first kappa shape index (κ1) is 14.6. The molecule has 1 atom stereocenters. The van der Waals surface area contributed by atoms with Gasteiger partial charge in [-0.15, -0.1) is 0 Å². The van der Waals surface area contributed by atoms with E-state index in [1.54, 1.807) is 48.6 Å². The lowest BCUT2D eigenvalue weighted by atomic mass is 10.1. The Morgan fingerprint density at radius 3 is 3.12 bits per heavy atom. The smallest absolute Gasteiger partial charge is 0.259 e. The lowest BCUT2D eigenvalue weighted by molar-refractivity contribution is 0.0734. The van der Waals surface area contributed by atoms with Gasteiger partial charge in [-0.05, 0) is 18.9 Å². The van der Waals surface area contributed by atoms with Crippen LogP contribution in [-0.4, -0.2) is 49.0 Å². The molecule has 0 aliphatic carbocycles. The van der Waals surface area contributed by atoms with Crippen molar-refractivity contribution in [2.45, 2.75) is 18.9 Å². The molecule has 0 spiro atoms. The highest BCUT2D eigenvalue weighted by Gasteiger charge is 2.33. The Balaban J connectivity index is 1.68. The maximum absolute atomic E-state index is 13.0. The van der Waals surface area contributed by atoms with Gasteiger partial charge in [0.1, 0.15) is 11.4 Å². The van der Waals surface area contributed by atoms with E-state index < -0.39 is 0 Å². The van der Waals surface area contributed by atoms with Gasteiger partial charge in [0, 0.05) is 26.0 Å². The number of likely N-dealkylation sites (tertiary alicyclic amines) is 1. The quantitative estimate of drug-likeness (QED) is 0.786. The predicted molar refractivity (Wildman–Crippen MR) is 87.6 cm³/mol. The highest BCUT2D eigenvalue weighted by Crippen LogP contribution is 2.32. The first-order valence-corrected chi connectivity index (χ1v) is 7.87. The molecule has 24 heavy (non-hydrogen) atoms. The lowest BCUT2D eigenvalue weighted by Gasteiger charge is -2.23. The summed E-state index contributed by atoms with van der Waals surface area (Å²) in [4.78, 5) is 27.9. The normalized spacial score (nSPS) is 17.4. The second-order valence-electron chi connectivity index (χ2n) is 5.68. The molecule has 0 saturated carbocycles. The molecule has 1 N–H and O–H groups in total. The van der Waals surface area contributed by atoms with E-state index in [0.717, 1.165) is 18.5 Å². The summed E-state index contributed by atoms with van der Waals surface area (Å²) >= 11 is 0. The molecule has 1 unspecified atom stereocenters. The third kappa shape index (κ3) is 2.36. The van der Waals surface area contributed by atoms with E-state index in [2.05, 4.69) is 25.4 Å². The fourth-order valence-corrected chi connectivity index (χ4v) is 3.11. The fraction of sp³-hybridized carbons (Fsp3) is 0.312. The molecule has 1 aliphatic heterocycles. The summed E-state index contributed by atoms with van der Waals surface area (Å²) in [6.07, 6.45) is 10.2. The zero-order valence-corrected chi connectivity index (χ0v) is 13.3. The van der Waals surface area contributed by atoms with Gasteiger partial charge < -0.3 is 10.2 Å². The number of nitrogens with zero attached hydrogens (tertiary/aromatic N) is 6. The van der Waals surface area contributed by atoms with Gasteiger partial charge in [0.2, 0.25) is 0 Å². The van der Waals surface area contributed by atoms with E-state index in [9.17, 15) is 4.79 Å². The van der Waals surface area contributed by atoms with Gasteiger partial charge in [0.05, 0.1) is 30.3 Å². The van der Waals surface area contributed by atoms with Crippen molar-refractivity contribution < 1.29 is 4.79 Å². The van der Waals surface area contributed by atoms with Gasteiger partial charge in [-0.1, -0.05) is 0 Å². The number of hydrogen-bond acceptors (Lipinski definition) is 6. The van der Waals surface area contributed by atoms with Gasteiger partial charge in [0.15, 0.2) is 5.65 Å². The van der Waals surface area contributed by atoms with Gasteiger partial charge in [-0.3, -0.25) is 9.78 Å². The number of nitrogens with one attached hydrogen (secondary N) is 1. The average molecular weight is 323 g/mol. The molecule has 0 aromatic carbocycles. The number of carbonyl (C=O) groups is 1. The molecule has 1 saturated heterocycles. The zero-order valence-electron chi connectivity index (χ0n) is 13.3. The zero-order chi connectivity index (χ0) is 16.5. The Morgan fingerprint density at radius 2 is 2.25 bits per heavy atom. The number of aromatic nitrogens is 5. The van der Waals surface area contributed by atoms with E-state index in [4.69, 9.17) is 0 Å². The van der Waals surface area contributed by atoms with E-state index in [1.807, 2.05) is 4.90 Å². The van der Waals surface area contributed by atoms with Crippen LogP contribution in [0.1, 0.15) is 34.9 Å². The average Bonchev–Trinajstić information content (AvgIpc) is 3.28. The number of hydrogen-bond donors (Lipinski definition) is 1. The molecule has 8 nitrogen and oxygen atoms in total. The molecule has 0 radical (unpaired) electrons. The summed E-state index contributed by atoms with van der Waals surface area (Å²) < 4.78 is 1.61. The molecular formula is C16H17N7O. The van der Waals surface area contributed by atoms with Crippen LogP contribution in [0.4, 0.5) is 5.82 Å². The molecule has 4 heterocycles. The number of fused-ring (bicyclic) bond motifs is 1. The van der Waals surface area contributed by atoms with Crippen LogP contribution in [0.2, 0.25) is 0 Å². The molecule has 1 fully saturated rings. The van der Waals surface area contributed by atoms with Crippen molar-refractivity contribution in [2.24, 2.45) is 0 Å². The van der Waals surface area contributed by atoms with Crippen molar-refractivity contribution in [1.82, 2.24) is 29.5 Å². The summed E-state index contributed by atoms with van der Waals surface area (Å²) in [5.41, 5.74) is 1.89. The minimum absolute atomic E-state index is 0.0668. The van der Waals surface area contributed by atoms with Crippen LogP contribution in [0.15, 0.2) is 37.1 Å². The van der Waals surface area contributed by atoms with Gasteiger partial charge >= 0.3 is 0 Å². The Hall–Kier alpha value is -3.03. The fourth-order valence-electron chi connectivity index (χ4n) is 3.11. The molecule has 3 aromatic heterocycles. The minimum atomic E-state index is -0.0723. The summed E-state index contributed by atoms with van der Waals surface area (Å²) in [5, 5.41) is 7.19. The molecule has 122 valence electrons. The molecule has 1 aliphatic rings. The van der Waals surface area contributed by atoms with Gasteiger partial charge in [0.25, 0.3) is 5.91 Å². The summed E-state index contributed by atoms with van der Waals surface area (Å²) in [6, 6.07) is 1.71. The van der Waals surface area contributed by atoms with Crippen molar-refractivity contribution in [3.05, 3.63) is 48.3 Å². The summed E-state index contributed by atoms with van der Waals surface area (Å²) in [6.45, 7) is 0.694. The van der Waals surface area contributed by atoms with Crippen LogP contribution in [0, 0.1) is 0 Å². The molecule has 3 aromatic rings. The second-order valence-corrected chi connectivity index (χ2v) is 5.68. The third-order valence-corrected chi connectivity index (χ3v) is 4.27. The number of anilines is 1. The van der Waals surface area contributed by atoms with Crippen LogP contribution in [0.25, 0.3) is 5.65 Å². The summed E-state index contributed by atoms with van der Waals surface area (Å²) in [5.74, 6) is 0.632.